The summed E-state index contributed by atoms with van der Waals surface area (Å²) in [6.45, 7) is 2.67. The lowest BCUT2D eigenvalue weighted by atomic mass is 9.97. The number of rotatable bonds is 4. The summed E-state index contributed by atoms with van der Waals surface area (Å²) in [7, 11) is 0. The van der Waals surface area contributed by atoms with Gasteiger partial charge in [-0.05, 0) is 68.3 Å². The van der Waals surface area contributed by atoms with Crippen LogP contribution in [-0.2, 0) is 12.8 Å². The Labute approximate surface area is 120 Å². The molecule has 0 spiro atoms. The summed E-state index contributed by atoms with van der Waals surface area (Å²) in [4.78, 5) is 14.6. The van der Waals surface area contributed by atoms with E-state index in [0.29, 0.717) is 12.5 Å². The van der Waals surface area contributed by atoms with Crippen LogP contribution in [0.25, 0.3) is 0 Å². The van der Waals surface area contributed by atoms with E-state index < -0.39 is 0 Å². The zero-order chi connectivity index (χ0) is 13.9. The fourth-order valence-corrected chi connectivity index (χ4v) is 3.37. The molecule has 1 aromatic rings. The minimum absolute atomic E-state index is 0.238. The second-order valence-corrected chi connectivity index (χ2v) is 6.16. The first-order valence-corrected chi connectivity index (χ1v) is 7.74. The van der Waals surface area contributed by atoms with Crippen LogP contribution < -0.4 is 0 Å². The summed E-state index contributed by atoms with van der Waals surface area (Å²) >= 11 is 0. The third-order valence-corrected chi connectivity index (χ3v) is 4.75. The second-order valence-electron chi connectivity index (χ2n) is 6.16. The Kier molecular flexibility index (Phi) is 4.18. The zero-order valence-electron chi connectivity index (χ0n) is 12.0. The normalized spacial score (nSPS) is 20.1. The first-order chi connectivity index (χ1) is 9.76. The van der Waals surface area contributed by atoms with Crippen LogP contribution in [0.2, 0.25) is 0 Å². The number of aliphatic hydroxyl groups is 1. The van der Waals surface area contributed by atoms with Gasteiger partial charge in [0.1, 0.15) is 0 Å². The molecule has 3 rings (SSSR count). The fourth-order valence-electron chi connectivity index (χ4n) is 3.37. The molecule has 1 heterocycles. The molecule has 3 nitrogen and oxygen atoms in total. The summed E-state index contributed by atoms with van der Waals surface area (Å²) in [5, 5.41) is 9.14. The van der Waals surface area contributed by atoms with Crippen LogP contribution in [-0.4, -0.2) is 42.0 Å². The summed E-state index contributed by atoms with van der Waals surface area (Å²) in [6.07, 6.45) is 5.53. The molecule has 3 heteroatoms. The maximum atomic E-state index is 12.4. The predicted molar refractivity (Wildman–Crippen MR) is 79.0 cm³/mol. The van der Waals surface area contributed by atoms with Crippen molar-refractivity contribution in [3.8, 4) is 0 Å². The number of carbonyl (C=O) groups excluding carboxylic acids is 1. The summed E-state index contributed by atoms with van der Waals surface area (Å²) in [5.74, 6) is 0.670. The first-order valence-electron chi connectivity index (χ1n) is 7.74. The number of piperidine rings is 1. The molecule has 0 atom stereocenters. The Hall–Kier alpha value is -1.19. The summed E-state index contributed by atoms with van der Waals surface area (Å²) in [6, 6.07) is 6.23. The lowest BCUT2D eigenvalue weighted by Crippen LogP contribution is -2.38. The molecule has 0 aromatic heterocycles. The highest BCUT2D eigenvalue weighted by molar-refractivity contribution is 5.97. The first kappa shape index (κ1) is 13.8. The molecule has 0 saturated carbocycles. The molecule has 1 aliphatic carbocycles. The van der Waals surface area contributed by atoms with Crippen molar-refractivity contribution in [2.75, 3.05) is 26.2 Å². The fraction of sp³-hybridized carbons (Fsp3) is 0.588. The number of hydrogen-bond acceptors (Lipinski definition) is 3. The van der Waals surface area contributed by atoms with E-state index in [4.69, 9.17) is 5.11 Å². The number of aryl methyl sites for hydroxylation is 2. The maximum absolute atomic E-state index is 12.4. The minimum Gasteiger partial charge on any atom is -0.396 e. The Morgan fingerprint density at radius 2 is 1.95 bits per heavy atom. The van der Waals surface area contributed by atoms with Gasteiger partial charge in [-0.15, -0.1) is 0 Å². The van der Waals surface area contributed by atoms with Gasteiger partial charge >= 0.3 is 0 Å². The van der Waals surface area contributed by atoms with E-state index in [1.54, 1.807) is 0 Å². The number of hydrogen-bond donors (Lipinski definition) is 1. The average Bonchev–Trinajstić information content (AvgIpc) is 2.95. The molecular weight excluding hydrogens is 250 g/mol. The SMILES string of the molecule is O=C(CN1CCC(CO)CC1)c1ccc2c(c1)CCC2. The van der Waals surface area contributed by atoms with Crippen molar-refractivity contribution in [1.82, 2.24) is 4.90 Å². The summed E-state index contributed by atoms with van der Waals surface area (Å²) in [5.41, 5.74) is 3.66. The van der Waals surface area contributed by atoms with Crippen LogP contribution in [0, 0.1) is 5.92 Å². The van der Waals surface area contributed by atoms with Crippen molar-refractivity contribution in [2.45, 2.75) is 32.1 Å². The van der Waals surface area contributed by atoms with E-state index >= 15 is 0 Å². The van der Waals surface area contributed by atoms with E-state index in [9.17, 15) is 4.79 Å². The third-order valence-electron chi connectivity index (χ3n) is 4.75. The van der Waals surface area contributed by atoms with Gasteiger partial charge in [0.25, 0.3) is 0 Å². The number of nitrogens with zero attached hydrogens (tertiary/aromatic N) is 1. The third kappa shape index (κ3) is 2.94. The topological polar surface area (TPSA) is 40.5 Å². The van der Waals surface area contributed by atoms with Crippen molar-refractivity contribution >= 4 is 5.78 Å². The highest BCUT2D eigenvalue weighted by Crippen LogP contribution is 2.23. The number of benzene rings is 1. The lowest BCUT2D eigenvalue weighted by molar-refractivity contribution is 0.0864. The molecule has 1 aromatic carbocycles. The van der Waals surface area contributed by atoms with Gasteiger partial charge in [0.05, 0.1) is 6.54 Å². The van der Waals surface area contributed by atoms with Gasteiger partial charge in [-0.1, -0.05) is 12.1 Å². The van der Waals surface area contributed by atoms with Crippen LogP contribution in [0.3, 0.4) is 0 Å². The lowest BCUT2D eigenvalue weighted by Gasteiger charge is -2.30. The monoisotopic (exact) mass is 273 g/mol. The van der Waals surface area contributed by atoms with Crippen molar-refractivity contribution in [3.05, 3.63) is 34.9 Å². The summed E-state index contributed by atoms with van der Waals surface area (Å²) < 4.78 is 0. The van der Waals surface area contributed by atoms with Crippen LogP contribution in [0.4, 0.5) is 0 Å². The smallest absolute Gasteiger partial charge is 0.176 e. The van der Waals surface area contributed by atoms with Gasteiger partial charge < -0.3 is 5.11 Å². The Morgan fingerprint density at radius 1 is 1.20 bits per heavy atom. The molecule has 1 fully saturated rings. The molecule has 0 amide bonds. The average molecular weight is 273 g/mol. The zero-order valence-corrected chi connectivity index (χ0v) is 12.0. The van der Waals surface area contributed by atoms with Crippen molar-refractivity contribution in [3.63, 3.8) is 0 Å². The van der Waals surface area contributed by atoms with Crippen molar-refractivity contribution in [1.29, 1.82) is 0 Å². The molecule has 108 valence electrons. The van der Waals surface area contributed by atoms with Gasteiger partial charge in [-0.2, -0.15) is 0 Å². The molecular formula is C17H23NO2. The van der Waals surface area contributed by atoms with Crippen LogP contribution in [0.15, 0.2) is 18.2 Å². The number of Topliss-reactive ketones (excluding diaryl/α,β-unsaturated/α-hetero) is 1. The standard InChI is InChI=1S/C17H23NO2/c19-12-13-6-8-18(9-7-13)11-17(20)16-5-4-14-2-1-3-15(14)10-16/h4-5,10,13,19H,1-3,6-9,11-12H2. The van der Waals surface area contributed by atoms with E-state index in [2.05, 4.69) is 17.0 Å². The molecule has 1 saturated heterocycles. The highest BCUT2D eigenvalue weighted by atomic mass is 16.3. The van der Waals surface area contributed by atoms with Gasteiger partial charge in [0.15, 0.2) is 5.78 Å². The maximum Gasteiger partial charge on any atom is 0.176 e. The second kappa shape index (κ2) is 6.06. The largest absolute Gasteiger partial charge is 0.396 e. The number of aliphatic hydroxyl groups excluding tert-OH is 1. The van der Waals surface area contributed by atoms with E-state index in [0.717, 1.165) is 37.9 Å². The minimum atomic E-state index is 0.238. The number of carbonyl (C=O) groups is 1. The number of fused-ring (bicyclic) bond motifs is 1. The van der Waals surface area contributed by atoms with E-state index in [1.807, 2.05) is 6.07 Å². The van der Waals surface area contributed by atoms with Crippen LogP contribution in [0.5, 0.6) is 0 Å². The van der Waals surface area contributed by atoms with Crippen molar-refractivity contribution < 1.29 is 9.90 Å². The molecule has 2 aliphatic rings. The Bertz CT molecular complexity index is 490. The van der Waals surface area contributed by atoms with E-state index in [1.165, 1.54) is 24.0 Å². The number of ketones is 1. The highest BCUT2D eigenvalue weighted by Gasteiger charge is 2.21. The Balaban J connectivity index is 1.59. The quantitative estimate of drug-likeness (QED) is 0.854. The molecule has 1 N–H and O–H groups in total. The van der Waals surface area contributed by atoms with Crippen LogP contribution >= 0.6 is 0 Å². The van der Waals surface area contributed by atoms with Gasteiger partial charge in [0, 0.05) is 12.2 Å². The van der Waals surface area contributed by atoms with Gasteiger partial charge in [-0.25, -0.2) is 0 Å². The molecule has 0 radical (unpaired) electrons. The van der Waals surface area contributed by atoms with E-state index in [-0.39, 0.29) is 12.4 Å². The van der Waals surface area contributed by atoms with Gasteiger partial charge in [0.2, 0.25) is 0 Å². The molecule has 20 heavy (non-hydrogen) atoms. The number of likely N-dealkylation sites (tertiary alicyclic amines) is 1. The molecule has 0 bridgehead atoms. The van der Waals surface area contributed by atoms with Crippen LogP contribution in [0.1, 0.15) is 40.7 Å². The predicted octanol–water partition coefficient (Wildman–Crippen LogP) is 2.06. The Morgan fingerprint density at radius 3 is 2.70 bits per heavy atom. The van der Waals surface area contributed by atoms with Crippen molar-refractivity contribution in [2.24, 2.45) is 5.92 Å². The molecule has 1 aliphatic heterocycles. The molecule has 0 unspecified atom stereocenters. The van der Waals surface area contributed by atoms with Gasteiger partial charge in [-0.3, -0.25) is 9.69 Å².